The van der Waals surface area contributed by atoms with Crippen molar-refractivity contribution in [3.63, 3.8) is 0 Å². The standard InChI is InChI=1S/C9H13N3O3/c1-7-5-11-8(15-7)9(14)12(6-13)4-2-3-10/h5-6H,2-4,10H2,1H3. The first-order valence-electron chi connectivity index (χ1n) is 4.57. The van der Waals surface area contributed by atoms with Crippen molar-refractivity contribution in [2.75, 3.05) is 13.1 Å². The van der Waals surface area contributed by atoms with Gasteiger partial charge in [-0.3, -0.25) is 14.5 Å². The molecule has 15 heavy (non-hydrogen) atoms. The summed E-state index contributed by atoms with van der Waals surface area (Å²) in [5, 5.41) is 0. The van der Waals surface area contributed by atoms with Crippen LogP contribution in [-0.2, 0) is 4.79 Å². The highest BCUT2D eigenvalue weighted by Crippen LogP contribution is 2.05. The van der Waals surface area contributed by atoms with E-state index in [1.165, 1.54) is 6.20 Å². The van der Waals surface area contributed by atoms with Crippen LogP contribution in [0.15, 0.2) is 10.6 Å². The van der Waals surface area contributed by atoms with Gasteiger partial charge in [0.25, 0.3) is 5.89 Å². The van der Waals surface area contributed by atoms with E-state index in [0.29, 0.717) is 25.1 Å². The van der Waals surface area contributed by atoms with Crippen LogP contribution >= 0.6 is 0 Å². The third-order valence-electron chi connectivity index (χ3n) is 1.80. The Kier molecular flexibility index (Phi) is 3.99. The van der Waals surface area contributed by atoms with Gasteiger partial charge < -0.3 is 10.2 Å². The van der Waals surface area contributed by atoms with Crippen molar-refractivity contribution < 1.29 is 14.0 Å². The third-order valence-corrected chi connectivity index (χ3v) is 1.80. The van der Waals surface area contributed by atoms with Crippen LogP contribution in [-0.4, -0.2) is 35.3 Å². The van der Waals surface area contributed by atoms with Crippen LogP contribution in [0.25, 0.3) is 0 Å². The summed E-state index contributed by atoms with van der Waals surface area (Å²) >= 11 is 0. The molecule has 6 nitrogen and oxygen atoms in total. The number of nitrogens with zero attached hydrogens (tertiary/aromatic N) is 2. The van der Waals surface area contributed by atoms with Gasteiger partial charge in [-0.05, 0) is 19.9 Å². The van der Waals surface area contributed by atoms with E-state index in [1.807, 2.05) is 0 Å². The second-order valence-electron chi connectivity index (χ2n) is 3.02. The first kappa shape index (κ1) is 11.4. The number of nitrogens with two attached hydrogens (primary N) is 1. The lowest BCUT2D eigenvalue weighted by Gasteiger charge is -2.11. The van der Waals surface area contributed by atoms with Gasteiger partial charge in [-0.1, -0.05) is 0 Å². The molecule has 0 radical (unpaired) electrons. The maximum absolute atomic E-state index is 11.6. The number of hydrogen-bond donors (Lipinski definition) is 1. The predicted octanol–water partition coefficient (Wildman–Crippen LogP) is -0.0696. The Labute approximate surface area is 87.1 Å². The molecule has 0 aliphatic carbocycles. The molecule has 0 aliphatic rings. The van der Waals surface area contributed by atoms with Crippen LogP contribution in [0.1, 0.15) is 22.9 Å². The average Bonchev–Trinajstić information content (AvgIpc) is 2.65. The number of imide groups is 1. The van der Waals surface area contributed by atoms with Gasteiger partial charge in [0.1, 0.15) is 5.76 Å². The summed E-state index contributed by atoms with van der Waals surface area (Å²) < 4.78 is 5.02. The van der Waals surface area contributed by atoms with Crippen molar-refractivity contribution in [1.82, 2.24) is 9.88 Å². The highest BCUT2D eigenvalue weighted by atomic mass is 16.4. The van der Waals surface area contributed by atoms with Crippen LogP contribution < -0.4 is 5.73 Å². The van der Waals surface area contributed by atoms with Crippen molar-refractivity contribution in [2.24, 2.45) is 5.73 Å². The second kappa shape index (κ2) is 5.26. The summed E-state index contributed by atoms with van der Waals surface area (Å²) in [7, 11) is 0. The SMILES string of the molecule is Cc1cnc(C(=O)N(C=O)CCCN)o1. The summed E-state index contributed by atoms with van der Waals surface area (Å²) in [5.41, 5.74) is 5.28. The van der Waals surface area contributed by atoms with Gasteiger partial charge in [0.05, 0.1) is 6.20 Å². The zero-order valence-corrected chi connectivity index (χ0v) is 8.47. The monoisotopic (exact) mass is 211 g/mol. The smallest absolute Gasteiger partial charge is 0.316 e. The van der Waals surface area contributed by atoms with E-state index in [2.05, 4.69) is 4.98 Å². The van der Waals surface area contributed by atoms with Crippen molar-refractivity contribution >= 4 is 12.3 Å². The van der Waals surface area contributed by atoms with Crippen molar-refractivity contribution in [2.45, 2.75) is 13.3 Å². The maximum Gasteiger partial charge on any atom is 0.316 e. The Morgan fingerprint density at radius 1 is 1.73 bits per heavy atom. The van der Waals surface area contributed by atoms with Crippen molar-refractivity contribution in [1.29, 1.82) is 0 Å². The van der Waals surface area contributed by atoms with E-state index in [0.717, 1.165) is 4.90 Å². The van der Waals surface area contributed by atoms with E-state index in [9.17, 15) is 9.59 Å². The summed E-state index contributed by atoms with van der Waals surface area (Å²) in [4.78, 5) is 27.0. The van der Waals surface area contributed by atoms with Crippen molar-refractivity contribution in [3.8, 4) is 0 Å². The first-order chi connectivity index (χ1) is 7.19. The summed E-state index contributed by atoms with van der Waals surface area (Å²) in [6.45, 7) is 2.37. The average molecular weight is 211 g/mol. The lowest BCUT2D eigenvalue weighted by Crippen LogP contribution is -2.31. The lowest BCUT2D eigenvalue weighted by atomic mass is 10.4. The zero-order valence-electron chi connectivity index (χ0n) is 8.47. The molecule has 1 heterocycles. The molecule has 6 heteroatoms. The molecule has 0 unspecified atom stereocenters. The molecule has 2 N–H and O–H groups in total. The number of rotatable bonds is 5. The number of carbonyl (C=O) groups excluding carboxylic acids is 2. The quantitative estimate of drug-likeness (QED) is 0.688. The van der Waals surface area contributed by atoms with Gasteiger partial charge in [0.2, 0.25) is 6.41 Å². The van der Waals surface area contributed by atoms with Crippen LogP contribution in [0.4, 0.5) is 0 Å². The maximum atomic E-state index is 11.6. The molecule has 0 aromatic carbocycles. The van der Waals surface area contributed by atoms with Gasteiger partial charge >= 0.3 is 5.91 Å². The number of carbonyl (C=O) groups is 2. The van der Waals surface area contributed by atoms with Crippen molar-refractivity contribution in [3.05, 3.63) is 17.8 Å². The molecule has 1 rings (SSSR count). The van der Waals surface area contributed by atoms with Gasteiger partial charge in [-0.15, -0.1) is 0 Å². The second-order valence-corrected chi connectivity index (χ2v) is 3.02. The highest BCUT2D eigenvalue weighted by Gasteiger charge is 2.19. The molecule has 1 aromatic rings. The normalized spacial score (nSPS) is 10.0. The fourth-order valence-corrected chi connectivity index (χ4v) is 1.04. The topological polar surface area (TPSA) is 89.4 Å². The largest absolute Gasteiger partial charge is 0.438 e. The van der Waals surface area contributed by atoms with Gasteiger partial charge in [-0.2, -0.15) is 0 Å². The molecule has 0 atom stereocenters. The Balaban J connectivity index is 2.68. The van der Waals surface area contributed by atoms with Crippen LogP contribution in [0.2, 0.25) is 0 Å². The van der Waals surface area contributed by atoms with E-state index < -0.39 is 5.91 Å². The number of amides is 2. The molecule has 0 saturated carbocycles. The lowest BCUT2D eigenvalue weighted by molar-refractivity contribution is -0.116. The minimum Gasteiger partial charge on any atom is -0.438 e. The molecule has 0 spiro atoms. The molecule has 82 valence electrons. The predicted molar refractivity (Wildman–Crippen MR) is 52.0 cm³/mol. The molecule has 0 saturated heterocycles. The Bertz CT molecular complexity index is 348. The van der Waals surface area contributed by atoms with Crippen LogP contribution in [0.3, 0.4) is 0 Å². The van der Waals surface area contributed by atoms with E-state index in [-0.39, 0.29) is 12.4 Å². The fourth-order valence-electron chi connectivity index (χ4n) is 1.04. The number of oxazole rings is 1. The first-order valence-corrected chi connectivity index (χ1v) is 4.57. The molecular formula is C9H13N3O3. The molecular weight excluding hydrogens is 198 g/mol. The highest BCUT2D eigenvalue weighted by molar-refractivity contribution is 5.96. The number of hydrogen-bond acceptors (Lipinski definition) is 5. The van der Waals surface area contributed by atoms with Crippen LogP contribution in [0.5, 0.6) is 0 Å². The summed E-state index contributed by atoms with van der Waals surface area (Å²) in [6, 6.07) is 0. The summed E-state index contributed by atoms with van der Waals surface area (Å²) in [6.07, 6.45) is 2.45. The zero-order chi connectivity index (χ0) is 11.3. The molecule has 1 aromatic heterocycles. The molecule has 0 aliphatic heterocycles. The molecule has 0 fully saturated rings. The number of aromatic nitrogens is 1. The molecule has 2 amide bonds. The Hall–Kier alpha value is -1.69. The minimum absolute atomic E-state index is 0.0726. The Morgan fingerprint density at radius 2 is 2.47 bits per heavy atom. The van der Waals surface area contributed by atoms with E-state index in [4.69, 9.17) is 10.2 Å². The summed E-state index contributed by atoms with van der Waals surface area (Å²) in [5.74, 6) is -0.0776. The van der Waals surface area contributed by atoms with Crippen LogP contribution in [0, 0.1) is 6.92 Å². The van der Waals surface area contributed by atoms with Gasteiger partial charge in [0.15, 0.2) is 0 Å². The van der Waals surface area contributed by atoms with Gasteiger partial charge in [-0.25, -0.2) is 4.98 Å². The van der Waals surface area contributed by atoms with Gasteiger partial charge in [0, 0.05) is 6.54 Å². The van der Waals surface area contributed by atoms with E-state index >= 15 is 0 Å². The Morgan fingerprint density at radius 3 is 2.93 bits per heavy atom. The van der Waals surface area contributed by atoms with E-state index in [1.54, 1.807) is 6.92 Å². The minimum atomic E-state index is -0.536. The molecule has 0 bridgehead atoms. The number of aryl methyl sites for hydroxylation is 1. The third kappa shape index (κ3) is 2.88. The fraction of sp³-hybridized carbons (Fsp3) is 0.444.